The zero-order chi connectivity index (χ0) is 15.2. The SMILES string of the molecule is O=C(O)c1ccccc1C(=O)O.c1ccc2[nH]ccc2c1. The van der Waals surface area contributed by atoms with E-state index in [0.717, 1.165) is 0 Å². The van der Waals surface area contributed by atoms with Gasteiger partial charge in [-0.1, -0.05) is 30.3 Å². The van der Waals surface area contributed by atoms with Gasteiger partial charge in [-0.25, -0.2) is 9.59 Å². The zero-order valence-corrected chi connectivity index (χ0v) is 11.0. The third-order valence-corrected chi connectivity index (χ3v) is 2.85. The van der Waals surface area contributed by atoms with Gasteiger partial charge in [0.2, 0.25) is 0 Å². The van der Waals surface area contributed by atoms with Gasteiger partial charge < -0.3 is 15.2 Å². The van der Waals surface area contributed by atoms with E-state index in [1.807, 2.05) is 18.3 Å². The minimum absolute atomic E-state index is 0.190. The summed E-state index contributed by atoms with van der Waals surface area (Å²) in [5.74, 6) is -2.46. The molecular weight excluding hydrogens is 270 g/mol. The third-order valence-electron chi connectivity index (χ3n) is 2.85. The lowest BCUT2D eigenvalue weighted by atomic mass is 10.1. The minimum Gasteiger partial charge on any atom is -0.478 e. The summed E-state index contributed by atoms with van der Waals surface area (Å²) in [7, 11) is 0. The summed E-state index contributed by atoms with van der Waals surface area (Å²) in [6, 6.07) is 15.8. The highest BCUT2D eigenvalue weighted by molar-refractivity contribution is 6.01. The van der Waals surface area contributed by atoms with Crippen LogP contribution >= 0.6 is 0 Å². The van der Waals surface area contributed by atoms with Crippen molar-refractivity contribution in [3.05, 3.63) is 71.9 Å². The quantitative estimate of drug-likeness (QED) is 0.673. The molecule has 0 saturated heterocycles. The van der Waals surface area contributed by atoms with Crippen molar-refractivity contribution in [1.29, 1.82) is 0 Å². The lowest BCUT2D eigenvalue weighted by Gasteiger charge is -1.98. The second kappa shape index (κ2) is 6.38. The van der Waals surface area contributed by atoms with E-state index in [2.05, 4.69) is 23.2 Å². The number of aromatic amines is 1. The Morgan fingerprint density at radius 1 is 0.762 bits per heavy atom. The van der Waals surface area contributed by atoms with Crippen LogP contribution in [0.25, 0.3) is 10.9 Å². The number of para-hydroxylation sites is 1. The Kier molecular flexibility index (Phi) is 4.36. The summed E-state index contributed by atoms with van der Waals surface area (Å²) < 4.78 is 0. The number of rotatable bonds is 2. The molecule has 106 valence electrons. The lowest BCUT2D eigenvalue weighted by Crippen LogP contribution is -2.06. The smallest absolute Gasteiger partial charge is 0.336 e. The molecule has 0 unspecified atom stereocenters. The van der Waals surface area contributed by atoms with E-state index in [1.54, 1.807) is 0 Å². The number of carbonyl (C=O) groups is 2. The molecular formula is C16H13NO4. The van der Waals surface area contributed by atoms with Crippen molar-refractivity contribution in [1.82, 2.24) is 4.98 Å². The van der Waals surface area contributed by atoms with Crippen molar-refractivity contribution in [2.45, 2.75) is 0 Å². The number of carboxylic acid groups (broad SMARTS) is 2. The molecule has 0 amide bonds. The molecule has 5 heteroatoms. The third kappa shape index (κ3) is 3.48. The number of nitrogens with one attached hydrogen (secondary N) is 1. The van der Waals surface area contributed by atoms with E-state index in [0.29, 0.717) is 0 Å². The van der Waals surface area contributed by atoms with E-state index in [4.69, 9.17) is 10.2 Å². The molecule has 0 aliphatic rings. The van der Waals surface area contributed by atoms with Gasteiger partial charge in [0.05, 0.1) is 11.1 Å². The molecule has 21 heavy (non-hydrogen) atoms. The van der Waals surface area contributed by atoms with Gasteiger partial charge in [-0.2, -0.15) is 0 Å². The largest absolute Gasteiger partial charge is 0.478 e. The first-order valence-electron chi connectivity index (χ1n) is 6.17. The Balaban J connectivity index is 0.000000159. The van der Waals surface area contributed by atoms with Gasteiger partial charge in [0, 0.05) is 11.7 Å². The monoisotopic (exact) mass is 283 g/mol. The maximum atomic E-state index is 10.5. The van der Waals surface area contributed by atoms with Crippen LogP contribution < -0.4 is 0 Å². The maximum Gasteiger partial charge on any atom is 0.336 e. The summed E-state index contributed by atoms with van der Waals surface area (Å²) >= 11 is 0. The van der Waals surface area contributed by atoms with Crippen molar-refractivity contribution >= 4 is 22.8 Å². The first kappa shape index (κ1) is 14.3. The molecule has 1 heterocycles. The number of aromatic nitrogens is 1. The standard InChI is InChI=1S/C8H7N.C8H6O4/c1-2-4-8-7(3-1)5-6-9-8;9-7(10)5-3-1-2-4-6(5)8(11)12/h1-6,9H;1-4H,(H,9,10)(H,11,12). The normalized spacial score (nSPS) is 9.71. The Bertz CT molecular complexity index is 713. The minimum atomic E-state index is -1.23. The Labute approximate surface area is 120 Å². The molecule has 0 radical (unpaired) electrons. The van der Waals surface area contributed by atoms with Crippen molar-refractivity contribution < 1.29 is 19.8 Å². The van der Waals surface area contributed by atoms with Crippen molar-refractivity contribution in [2.75, 3.05) is 0 Å². The van der Waals surface area contributed by atoms with Crippen LogP contribution in [0.15, 0.2) is 60.8 Å². The topological polar surface area (TPSA) is 90.4 Å². The number of aromatic carboxylic acids is 2. The number of H-pyrrole nitrogens is 1. The fourth-order valence-electron chi connectivity index (χ4n) is 1.85. The predicted molar refractivity (Wildman–Crippen MR) is 78.7 cm³/mol. The van der Waals surface area contributed by atoms with E-state index in [1.165, 1.54) is 35.2 Å². The second-order valence-corrected chi connectivity index (χ2v) is 4.22. The van der Waals surface area contributed by atoms with E-state index in [-0.39, 0.29) is 11.1 Å². The van der Waals surface area contributed by atoms with Crippen LogP contribution in [0.3, 0.4) is 0 Å². The molecule has 0 atom stereocenters. The fraction of sp³-hybridized carbons (Fsp3) is 0. The number of hydrogen-bond acceptors (Lipinski definition) is 2. The Hall–Kier alpha value is -3.08. The lowest BCUT2D eigenvalue weighted by molar-refractivity contribution is 0.0651. The van der Waals surface area contributed by atoms with Crippen molar-refractivity contribution in [2.24, 2.45) is 0 Å². The molecule has 2 aromatic carbocycles. The molecule has 3 rings (SSSR count). The average molecular weight is 283 g/mol. The molecule has 1 aromatic heterocycles. The van der Waals surface area contributed by atoms with Gasteiger partial charge in [0.15, 0.2) is 0 Å². The van der Waals surface area contributed by atoms with Crippen LogP contribution in [0.4, 0.5) is 0 Å². The van der Waals surface area contributed by atoms with Crippen LogP contribution in [0, 0.1) is 0 Å². The average Bonchev–Trinajstić information content (AvgIpc) is 2.96. The number of hydrogen-bond donors (Lipinski definition) is 3. The number of benzene rings is 2. The molecule has 3 N–H and O–H groups in total. The van der Waals surface area contributed by atoms with Crippen LogP contribution in [-0.2, 0) is 0 Å². The van der Waals surface area contributed by atoms with Crippen LogP contribution in [0.5, 0.6) is 0 Å². The van der Waals surface area contributed by atoms with Crippen molar-refractivity contribution in [3.63, 3.8) is 0 Å². The highest BCUT2D eigenvalue weighted by atomic mass is 16.4. The fourth-order valence-corrected chi connectivity index (χ4v) is 1.85. The highest BCUT2D eigenvalue weighted by Gasteiger charge is 2.13. The van der Waals surface area contributed by atoms with Crippen molar-refractivity contribution in [3.8, 4) is 0 Å². The number of fused-ring (bicyclic) bond motifs is 1. The highest BCUT2D eigenvalue weighted by Crippen LogP contribution is 2.09. The van der Waals surface area contributed by atoms with E-state index < -0.39 is 11.9 Å². The van der Waals surface area contributed by atoms with Gasteiger partial charge in [-0.05, 0) is 29.7 Å². The Morgan fingerprint density at radius 2 is 1.29 bits per heavy atom. The summed E-state index contributed by atoms with van der Waals surface area (Å²) in [5, 5.41) is 18.4. The van der Waals surface area contributed by atoms with Crippen LogP contribution in [-0.4, -0.2) is 27.1 Å². The van der Waals surface area contributed by atoms with Crippen LogP contribution in [0.2, 0.25) is 0 Å². The number of carboxylic acids is 2. The first-order chi connectivity index (χ1) is 10.1. The van der Waals surface area contributed by atoms with Gasteiger partial charge in [0.1, 0.15) is 0 Å². The van der Waals surface area contributed by atoms with Gasteiger partial charge >= 0.3 is 11.9 Å². The van der Waals surface area contributed by atoms with Gasteiger partial charge in [-0.15, -0.1) is 0 Å². The summed E-state index contributed by atoms with van der Waals surface area (Å²) in [5.41, 5.74) is 0.826. The molecule has 0 aliphatic carbocycles. The molecule has 0 aliphatic heterocycles. The first-order valence-corrected chi connectivity index (χ1v) is 6.17. The molecule has 0 spiro atoms. The second-order valence-electron chi connectivity index (χ2n) is 4.22. The van der Waals surface area contributed by atoms with Gasteiger partial charge in [0.25, 0.3) is 0 Å². The molecule has 5 nitrogen and oxygen atoms in total. The predicted octanol–water partition coefficient (Wildman–Crippen LogP) is 3.25. The summed E-state index contributed by atoms with van der Waals surface area (Å²) in [6.07, 6.45) is 1.95. The van der Waals surface area contributed by atoms with E-state index in [9.17, 15) is 9.59 Å². The van der Waals surface area contributed by atoms with Crippen LogP contribution in [0.1, 0.15) is 20.7 Å². The zero-order valence-electron chi connectivity index (χ0n) is 11.0. The molecule has 3 aromatic rings. The molecule has 0 bridgehead atoms. The summed E-state index contributed by atoms with van der Waals surface area (Å²) in [6.45, 7) is 0. The molecule has 0 fully saturated rings. The Morgan fingerprint density at radius 3 is 1.81 bits per heavy atom. The van der Waals surface area contributed by atoms with E-state index >= 15 is 0 Å². The van der Waals surface area contributed by atoms with Gasteiger partial charge in [-0.3, -0.25) is 0 Å². The summed E-state index contributed by atoms with van der Waals surface area (Å²) in [4.78, 5) is 24.0. The maximum absolute atomic E-state index is 10.5. The molecule has 0 saturated carbocycles.